The summed E-state index contributed by atoms with van der Waals surface area (Å²) in [5.41, 5.74) is -4.01. The molecule has 3 heterocycles. The molecule has 0 amide bonds. The summed E-state index contributed by atoms with van der Waals surface area (Å²) in [5, 5.41) is 33.7. The fraction of sp³-hybridized carbons (Fsp3) is 0.946. The molecule has 3 aliphatic rings. The Morgan fingerprint density at radius 2 is 1.50 bits per heavy atom. The highest BCUT2D eigenvalue weighted by Gasteiger charge is 2.52. The molecule has 16 atom stereocenters. The Bertz CT molecular complexity index is 1120. The second kappa shape index (κ2) is 17.3. The number of aliphatic hydroxyl groups excluding tert-OH is 2. The van der Waals surface area contributed by atoms with Crippen LogP contribution in [0.4, 0.5) is 0 Å². The summed E-state index contributed by atoms with van der Waals surface area (Å²) >= 11 is 0. The Hall–Kier alpha value is -1.26. The molecular weight excluding hydrogens is 650 g/mol. The van der Waals surface area contributed by atoms with E-state index in [9.17, 15) is 24.9 Å². The van der Waals surface area contributed by atoms with E-state index < -0.39 is 89.5 Å². The summed E-state index contributed by atoms with van der Waals surface area (Å²) in [6.07, 6.45) is -4.80. The molecule has 0 saturated carbocycles. The van der Waals surface area contributed by atoms with Crippen LogP contribution in [0, 0.1) is 23.7 Å². The second-order valence-electron chi connectivity index (χ2n) is 16.1. The van der Waals surface area contributed by atoms with Crippen molar-refractivity contribution in [2.45, 2.75) is 166 Å². The maximum atomic E-state index is 14.1. The topological polar surface area (TPSA) is 163 Å². The number of carbonyl (C=O) groups is 2. The van der Waals surface area contributed by atoms with Crippen LogP contribution in [-0.4, -0.2) is 139 Å². The van der Waals surface area contributed by atoms with Crippen molar-refractivity contribution in [3.05, 3.63) is 0 Å². The molecule has 50 heavy (non-hydrogen) atoms. The number of ketones is 1. The maximum absolute atomic E-state index is 14.1. The third-order valence-corrected chi connectivity index (χ3v) is 11.9. The lowest BCUT2D eigenvalue weighted by Gasteiger charge is -2.48. The summed E-state index contributed by atoms with van der Waals surface area (Å²) in [5.74, 6) is -4.03. The monoisotopic (exact) mass is 717 g/mol. The molecule has 292 valence electrons. The van der Waals surface area contributed by atoms with Crippen LogP contribution in [0.15, 0.2) is 0 Å². The van der Waals surface area contributed by atoms with E-state index in [-0.39, 0.29) is 43.8 Å². The van der Waals surface area contributed by atoms with Crippen molar-refractivity contribution < 1.29 is 58.1 Å². The zero-order chi connectivity index (χ0) is 37.9. The van der Waals surface area contributed by atoms with Gasteiger partial charge in [0.15, 0.2) is 12.6 Å². The first kappa shape index (κ1) is 43.1. The van der Waals surface area contributed by atoms with Gasteiger partial charge in [0, 0.05) is 50.9 Å². The van der Waals surface area contributed by atoms with Crippen LogP contribution in [0.1, 0.15) is 94.4 Å². The van der Waals surface area contributed by atoms with E-state index in [1.807, 2.05) is 34.9 Å². The molecule has 0 aromatic carbocycles. The number of ether oxygens (including phenoxy) is 7. The molecule has 3 N–H and O–H groups in total. The molecule has 0 bridgehead atoms. The lowest BCUT2D eigenvalue weighted by Crippen LogP contribution is -2.59. The number of esters is 1. The molecule has 0 aliphatic carbocycles. The predicted molar refractivity (Wildman–Crippen MR) is 185 cm³/mol. The van der Waals surface area contributed by atoms with Gasteiger partial charge in [-0.2, -0.15) is 0 Å². The van der Waals surface area contributed by atoms with E-state index in [1.165, 1.54) is 14.0 Å². The highest BCUT2D eigenvalue weighted by Crippen LogP contribution is 2.41. The largest absolute Gasteiger partial charge is 0.459 e. The summed E-state index contributed by atoms with van der Waals surface area (Å²) in [6.45, 7) is 15.7. The van der Waals surface area contributed by atoms with Gasteiger partial charge in [0.25, 0.3) is 0 Å². The summed E-state index contributed by atoms with van der Waals surface area (Å²) in [6, 6.07) is 0.197. The number of hydrogen-bond donors (Lipinski definition) is 3. The minimum Gasteiger partial charge on any atom is -0.459 e. The number of rotatable bonds is 8. The highest BCUT2D eigenvalue weighted by atomic mass is 16.7. The number of Topliss-reactive ketones (excluding diaryl/α,β-unsaturated/α-hetero) is 1. The first-order chi connectivity index (χ1) is 23.1. The first-order valence-electron chi connectivity index (χ1n) is 18.3. The second-order valence-corrected chi connectivity index (χ2v) is 16.1. The number of hydrogen-bond acceptors (Lipinski definition) is 13. The molecule has 13 heteroatoms. The summed E-state index contributed by atoms with van der Waals surface area (Å²) in [4.78, 5) is 30.2. The molecule has 13 nitrogen and oxygen atoms in total. The highest BCUT2D eigenvalue weighted by molar-refractivity contribution is 5.83. The van der Waals surface area contributed by atoms with Crippen LogP contribution < -0.4 is 0 Å². The average Bonchev–Trinajstić information content (AvgIpc) is 3.07. The van der Waals surface area contributed by atoms with Gasteiger partial charge in [-0.1, -0.05) is 27.7 Å². The lowest BCUT2D eigenvalue weighted by atomic mass is 9.74. The van der Waals surface area contributed by atoms with Crippen molar-refractivity contribution in [2.75, 3.05) is 34.9 Å². The van der Waals surface area contributed by atoms with E-state index >= 15 is 0 Å². The molecular formula is C37H67NO12. The van der Waals surface area contributed by atoms with Crippen molar-refractivity contribution in [3.63, 3.8) is 0 Å². The van der Waals surface area contributed by atoms with Crippen molar-refractivity contribution in [3.8, 4) is 0 Å². The van der Waals surface area contributed by atoms with Gasteiger partial charge >= 0.3 is 5.97 Å². The fourth-order valence-corrected chi connectivity index (χ4v) is 8.14. The molecule has 3 saturated heterocycles. The van der Waals surface area contributed by atoms with Crippen LogP contribution in [-0.2, 0) is 42.7 Å². The van der Waals surface area contributed by atoms with Gasteiger partial charge in [-0.15, -0.1) is 0 Å². The zero-order valence-electron chi connectivity index (χ0n) is 32.7. The van der Waals surface area contributed by atoms with Gasteiger partial charge in [0.05, 0.1) is 48.1 Å². The number of aliphatic hydroxyl groups is 3. The Morgan fingerprint density at radius 1 is 0.880 bits per heavy atom. The molecule has 3 fully saturated rings. The summed E-state index contributed by atoms with van der Waals surface area (Å²) < 4.78 is 43.9. The Labute approximate surface area is 299 Å². The van der Waals surface area contributed by atoms with Crippen LogP contribution in [0.5, 0.6) is 0 Å². The van der Waals surface area contributed by atoms with Crippen molar-refractivity contribution in [2.24, 2.45) is 23.7 Å². The Balaban J connectivity index is 2.17. The number of carbonyl (C=O) groups excluding carboxylic acids is 2. The van der Waals surface area contributed by atoms with Crippen molar-refractivity contribution >= 4 is 11.8 Å². The molecule has 3 aliphatic heterocycles. The van der Waals surface area contributed by atoms with Gasteiger partial charge in [0.2, 0.25) is 0 Å². The van der Waals surface area contributed by atoms with E-state index in [1.54, 1.807) is 41.7 Å². The standard InChI is InChI=1S/C37H67NO12/c1-14-27-37(9,43)32(41)22(4)30(40)20(2)17-36(8,45-13)33(50-28-16-25(38(10)11)15-21(3)47-28)23(5)31(24(6)34(42)48-27)49-29-18-35(7,44-12)26(39)19-46-29/h20-29,31-33,39,41,43H,14-19H2,1-13H3/t20-,21-,22+,23+,24-,25+,26?,27-,28+,29+,31+,32-,33-,35-,36-,37-/m1/s1. The van der Waals surface area contributed by atoms with E-state index in [2.05, 4.69) is 4.90 Å². The molecule has 0 aromatic heterocycles. The van der Waals surface area contributed by atoms with Crippen LogP contribution in [0.3, 0.4) is 0 Å². The van der Waals surface area contributed by atoms with Crippen LogP contribution >= 0.6 is 0 Å². The molecule has 3 rings (SSSR count). The van der Waals surface area contributed by atoms with Gasteiger partial charge < -0.3 is 53.4 Å². The Kier molecular flexibility index (Phi) is 14.9. The SMILES string of the molecule is CC[C@H]1OC(=O)[C@H](C)[C@@H](O[C@H]2C[C@@](C)(OC)C(O)CO2)[C@H](C)[C@@H](O[C@H]2C[C@@H](N(C)C)C[C@@H](C)O2)[C@](C)(OC)C[C@@H](C)C(=O)[C@H](C)[C@@H](O)[C@]1(C)O. The van der Waals surface area contributed by atoms with Gasteiger partial charge in [-0.25, -0.2) is 0 Å². The molecule has 0 aromatic rings. The zero-order valence-corrected chi connectivity index (χ0v) is 32.7. The van der Waals surface area contributed by atoms with Gasteiger partial charge in [-0.05, 0) is 68.0 Å². The lowest BCUT2D eigenvalue weighted by molar-refractivity contribution is -0.296. The van der Waals surface area contributed by atoms with Crippen LogP contribution in [0.25, 0.3) is 0 Å². The predicted octanol–water partition coefficient (Wildman–Crippen LogP) is 3.08. The third-order valence-electron chi connectivity index (χ3n) is 11.9. The minimum atomic E-state index is -1.93. The summed E-state index contributed by atoms with van der Waals surface area (Å²) in [7, 11) is 7.14. The van der Waals surface area contributed by atoms with Gasteiger partial charge in [0.1, 0.15) is 23.6 Å². The van der Waals surface area contributed by atoms with E-state index in [0.29, 0.717) is 6.42 Å². The quantitative estimate of drug-likeness (QED) is 0.315. The molecule has 1 unspecified atom stereocenters. The Morgan fingerprint density at radius 3 is 2.06 bits per heavy atom. The molecule has 0 radical (unpaired) electrons. The number of methoxy groups -OCH3 is 2. The number of cyclic esters (lactones) is 1. The number of nitrogens with zero attached hydrogens (tertiary/aromatic N) is 1. The van der Waals surface area contributed by atoms with E-state index in [4.69, 9.17) is 33.2 Å². The fourth-order valence-electron chi connectivity index (χ4n) is 8.14. The van der Waals surface area contributed by atoms with Crippen molar-refractivity contribution in [1.82, 2.24) is 4.90 Å². The normalized spacial score (nSPS) is 47.5. The first-order valence-corrected chi connectivity index (χ1v) is 18.3. The minimum absolute atomic E-state index is 0.0408. The van der Waals surface area contributed by atoms with Crippen molar-refractivity contribution in [1.29, 1.82) is 0 Å². The average molecular weight is 718 g/mol. The maximum Gasteiger partial charge on any atom is 0.311 e. The third kappa shape index (κ3) is 9.45. The smallest absolute Gasteiger partial charge is 0.311 e. The molecule has 0 spiro atoms. The van der Waals surface area contributed by atoms with Gasteiger partial charge in [-0.3, -0.25) is 9.59 Å². The van der Waals surface area contributed by atoms with Crippen LogP contribution in [0.2, 0.25) is 0 Å². The van der Waals surface area contributed by atoms with E-state index in [0.717, 1.165) is 6.42 Å².